The van der Waals surface area contributed by atoms with Crippen LogP contribution in [0.15, 0.2) is 35.7 Å². The van der Waals surface area contributed by atoms with Crippen molar-refractivity contribution in [3.63, 3.8) is 0 Å². The van der Waals surface area contributed by atoms with E-state index < -0.39 is 17.6 Å². The lowest BCUT2D eigenvalue weighted by atomic mass is 10.0. The van der Waals surface area contributed by atoms with E-state index in [1.165, 1.54) is 17.4 Å². The third-order valence-electron chi connectivity index (χ3n) is 2.75. The first-order valence-electron chi connectivity index (χ1n) is 5.51. The van der Waals surface area contributed by atoms with E-state index in [1.807, 2.05) is 17.5 Å². The maximum absolute atomic E-state index is 13.2. The molecule has 1 unspecified atom stereocenters. The highest BCUT2D eigenvalue weighted by Gasteiger charge is 2.34. The summed E-state index contributed by atoms with van der Waals surface area (Å²) in [5.74, 6) is -1.25. The highest BCUT2D eigenvalue weighted by atomic mass is 32.1. The lowest BCUT2D eigenvalue weighted by Crippen LogP contribution is -2.18. The molecule has 0 radical (unpaired) electrons. The summed E-state index contributed by atoms with van der Waals surface area (Å²) in [7, 11) is 1.65. The second-order valence-electron chi connectivity index (χ2n) is 3.97. The van der Waals surface area contributed by atoms with Gasteiger partial charge in [-0.25, -0.2) is 4.39 Å². The van der Waals surface area contributed by atoms with Gasteiger partial charge < -0.3 is 5.32 Å². The monoisotopic (exact) mass is 289 g/mol. The Kier molecular flexibility index (Phi) is 3.91. The van der Waals surface area contributed by atoms with Gasteiger partial charge in [-0.1, -0.05) is 12.1 Å². The molecule has 1 N–H and O–H groups in total. The molecule has 1 heterocycles. The van der Waals surface area contributed by atoms with Gasteiger partial charge in [-0.3, -0.25) is 0 Å². The SMILES string of the molecule is CNC(c1ccc(F)c(C(F)(F)F)c1)c1cccs1. The van der Waals surface area contributed by atoms with E-state index in [4.69, 9.17) is 0 Å². The van der Waals surface area contributed by atoms with Crippen molar-refractivity contribution in [1.29, 1.82) is 0 Å². The van der Waals surface area contributed by atoms with Gasteiger partial charge in [0.05, 0.1) is 11.6 Å². The molecule has 0 spiro atoms. The van der Waals surface area contributed by atoms with E-state index in [2.05, 4.69) is 5.32 Å². The number of hydrogen-bond acceptors (Lipinski definition) is 2. The van der Waals surface area contributed by atoms with Gasteiger partial charge in [-0.05, 0) is 36.2 Å². The van der Waals surface area contributed by atoms with Crippen LogP contribution >= 0.6 is 11.3 Å². The quantitative estimate of drug-likeness (QED) is 0.834. The molecular weight excluding hydrogens is 278 g/mol. The van der Waals surface area contributed by atoms with E-state index in [1.54, 1.807) is 7.05 Å². The van der Waals surface area contributed by atoms with Crippen LogP contribution in [-0.2, 0) is 6.18 Å². The Hall–Kier alpha value is -1.40. The molecule has 0 aliphatic rings. The molecule has 0 bridgehead atoms. The smallest absolute Gasteiger partial charge is 0.309 e. The molecule has 0 saturated heterocycles. The van der Waals surface area contributed by atoms with Gasteiger partial charge in [0.25, 0.3) is 0 Å². The van der Waals surface area contributed by atoms with Gasteiger partial charge in [0, 0.05) is 4.88 Å². The van der Waals surface area contributed by atoms with Crippen molar-refractivity contribution in [3.8, 4) is 0 Å². The predicted molar refractivity (Wildman–Crippen MR) is 66.6 cm³/mol. The summed E-state index contributed by atoms with van der Waals surface area (Å²) in [6, 6.07) is 6.35. The number of alkyl halides is 3. The molecule has 2 aromatic rings. The maximum Gasteiger partial charge on any atom is 0.419 e. The largest absolute Gasteiger partial charge is 0.419 e. The predicted octanol–water partition coefficient (Wildman–Crippen LogP) is 4.21. The first kappa shape index (κ1) is 14.0. The van der Waals surface area contributed by atoms with Crippen LogP contribution in [0.25, 0.3) is 0 Å². The third-order valence-corrected chi connectivity index (χ3v) is 3.68. The van der Waals surface area contributed by atoms with Gasteiger partial charge in [-0.15, -0.1) is 11.3 Å². The second kappa shape index (κ2) is 5.30. The molecule has 102 valence electrons. The number of benzene rings is 1. The van der Waals surface area contributed by atoms with Crippen molar-refractivity contribution in [2.45, 2.75) is 12.2 Å². The van der Waals surface area contributed by atoms with Crippen LogP contribution in [0.1, 0.15) is 22.0 Å². The maximum atomic E-state index is 13.2. The van der Waals surface area contributed by atoms with E-state index in [-0.39, 0.29) is 6.04 Å². The minimum Gasteiger partial charge on any atom is -0.309 e. The first-order valence-corrected chi connectivity index (χ1v) is 6.38. The van der Waals surface area contributed by atoms with E-state index in [0.29, 0.717) is 5.56 Å². The summed E-state index contributed by atoms with van der Waals surface area (Å²) < 4.78 is 51.3. The average molecular weight is 289 g/mol. The summed E-state index contributed by atoms with van der Waals surface area (Å²) in [6.07, 6.45) is -4.69. The molecule has 0 amide bonds. The van der Waals surface area contributed by atoms with Gasteiger partial charge in [0.1, 0.15) is 5.82 Å². The van der Waals surface area contributed by atoms with Crippen LogP contribution < -0.4 is 5.32 Å². The minimum atomic E-state index is -4.69. The van der Waals surface area contributed by atoms with Gasteiger partial charge in [-0.2, -0.15) is 13.2 Å². The molecule has 1 atom stereocenters. The Morgan fingerprint density at radius 1 is 1.21 bits per heavy atom. The molecule has 0 saturated carbocycles. The molecule has 1 nitrogen and oxygen atoms in total. The number of thiophene rings is 1. The summed E-state index contributed by atoms with van der Waals surface area (Å²) in [4.78, 5) is 0.877. The highest BCUT2D eigenvalue weighted by Crippen LogP contribution is 2.34. The molecule has 0 fully saturated rings. The number of nitrogens with one attached hydrogen (secondary N) is 1. The molecule has 19 heavy (non-hydrogen) atoms. The van der Waals surface area contributed by atoms with E-state index in [0.717, 1.165) is 17.0 Å². The summed E-state index contributed by atoms with van der Waals surface area (Å²) in [5, 5.41) is 4.78. The summed E-state index contributed by atoms with van der Waals surface area (Å²) in [5.41, 5.74) is -0.847. The topological polar surface area (TPSA) is 12.0 Å². The molecule has 0 aliphatic carbocycles. The first-order chi connectivity index (χ1) is 8.93. The Bertz CT molecular complexity index is 548. The molecule has 2 rings (SSSR count). The van der Waals surface area contributed by atoms with Crippen LogP contribution in [0.5, 0.6) is 0 Å². The Morgan fingerprint density at radius 2 is 1.95 bits per heavy atom. The highest BCUT2D eigenvalue weighted by molar-refractivity contribution is 7.10. The van der Waals surface area contributed by atoms with Crippen LogP contribution in [0.2, 0.25) is 0 Å². The molecule has 0 aliphatic heterocycles. The van der Waals surface area contributed by atoms with Gasteiger partial charge >= 0.3 is 6.18 Å². The van der Waals surface area contributed by atoms with Gasteiger partial charge in [0.15, 0.2) is 0 Å². The zero-order chi connectivity index (χ0) is 14.0. The Balaban J connectivity index is 2.45. The van der Waals surface area contributed by atoms with Crippen molar-refractivity contribution in [2.75, 3.05) is 7.05 Å². The molecule has 1 aromatic carbocycles. The van der Waals surface area contributed by atoms with Crippen molar-refractivity contribution in [2.24, 2.45) is 0 Å². The van der Waals surface area contributed by atoms with Crippen molar-refractivity contribution >= 4 is 11.3 Å². The summed E-state index contributed by atoms with van der Waals surface area (Å²) >= 11 is 1.43. The van der Waals surface area contributed by atoms with Gasteiger partial charge in [0.2, 0.25) is 0 Å². The van der Waals surface area contributed by atoms with Crippen LogP contribution in [-0.4, -0.2) is 7.05 Å². The fourth-order valence-corrected chi connectivity index (χ4v) is 2.73. The van der Waals surface area contributed by atoms with Crippen molar-refractivity contribution < 1.29 is 17.6 Å². The number of halogens is 4. The van der Waals surface area contributed by atoms with Crippen LogP contribution in [0.4, 0.5) is 17.6 Å². The molecule has 1 aromatic heterocycles. The molecule has 6 heteroatoms. The lowest BCUT2D eigenvalue weighted by molar-refractivity contribution is -0.140. The van der Waals surface area contributed by atoms with Crippen LogP contribution in [0, 0.1) is 5.82 Å². The molecular formula is C13H11F4NS. The minimum absolute atomic E-state index is 0.373. The third kappa shape index (κ3) is 2.96. The average Bonchev–Trinajstić information content (AvgIpc) is 2.84. The van der Waals surface area contributed by atoms with Crippen molar-refractivity contribution in [1.82, 2.24) is 5.32 Å². The summed E-state index contributed by atoms with van der Waals surface area (Å²) in [6.45, 7) is 0. The fourth-order valence-electron chi connectivity index (χ4n) is 1.87. The Morgan fingerprint density at radius 3 is 2.47 bits per heavy atom. The standard InChI is InChI=1S/C13H11F4NS/c1-18-12(11-3-2-6-19-11)8-4-5-10(14)9(7-8)13(15,16)17/h2-7,12,18H,1H3. The lowest BCUT2D eigenvalue weighted by Gasteiger charge is -2.17. The van der Waals surface area contributed by atoms with E-state index in [9.17, 15) is 17.6 Å². The zero-order valence-corrected chi connectivity index (χ0v) is 10.8. The van der Waals surface area contributed by atoms with Crippen molar-refractivity contribution in [3.05, 3.63) is 57.5 Å². The zero-order valence-electron chi connectivity index (χ0n) is 9.96. The van der Waals surface area contributed by atoms with E-state index >= 15 is 0 Å². The van der Waals surface area contributed by atoms with Crippen LogP contribution in [0.3, 0.4) is 0 Å². The number of hydrogen-bond donors (Lipinski definition) is 1. The Labute approximate surface area is 111 Å². The second-order valence-corrected chi connectivity index (χ2v) is 4.95. The fraction of sp³-hybridized carbons (Fsp3) is 0.231. The normalized spacial score (nSPS) is 13.5. The number of rotatable bonds is 3.